The number of nitrogens with zero attached hydrogens (tertiary/aromatic N) is 1. The number of thiophene rings is 1. The van der Waals surface area contributed by atoms with Crippen molar-refractivity contribution in [1.82, 2.24) is 0 Å². The van der Waals surface area contributed by atoms with Crippen LogP contribution in [0.2, 0.25) is 0 Å². The second-order valence-corrected chi connectivity index (χ2v) is 4.01. The van der Waals surface area contributed by atoms with Gasteiger partial charge in [-0.1, -0.05) is 5.16 Å². The summed E-state index contributed by atoms with van der Waals surface area (Å²) < 4.78 is 0. The molecule has 1 aromatic rings. The van der Waals surface area contributed by atoms with Gasteiger partial charge in [-0.3, -0.25) is 0 Å². The molecule has 64 valence electrons. The van der Waals surface area contributed by atoms with Crippen LogP contribution >= 0.6 is 11.3 Å². The van der Waals surface area contributed by atoms with Crippen molar-refractivity contribution in [3.8, 4) is 0 Å². The third-order valence-electron chi connectivity index (χ3n) is 2.24. The lowest BCUT2D eigenvalue weighted by Gasteiger charge is -1.97. The maximum absolute atomic E-state index is 8.77. The SMILES string of the molecule is ON=C1CCCCc2sccc21. The van der Waals surface area contributed by atoms with Crippen molar-refractivity contribution in [3.05, 3.63) is 21.9 Å². The summed E-state index contributed by atoms with van der Waals surface area (Å²) in [4.78, 5) is 1.38. The average Bonchev–Trinajstić information content (AvgIpc) is 2.46. The van der Waals surface area contributed by atoms with Gasteiger partial charge >= 0.3 is 0 Å². The summed E-state index contributed by atoms with van der Waals surface area (Å²) in [5.74, 6) is 0. The Morgan fingerprint density at radius 1 is 1.33 bits per heavy atom. The molecule has 0 unspecified atom stereocenters. The van der Waals surface area contributed by atoms with Crippen LogP contribution in [0.4, 0.5) is 0 Å². The molecule has 0 amide bonds. The molecule has 1 aliphatic rings. The average molecular weight is 181 g/mol. The third-order valence-corrected chi connectivity index (χ3v) is 3.23. The maximum Gasteiger partial charge on any atom is 0.0878 e. The summed E-state index contributed by atoms with van der Waals surface area (Å²) >= 11 is 1.77. The maximum atomic E-state index is 8.77. The van der Waals surface area contributed by atoms with Gasteiger partial charge in [0.2, 0.25) is 0 Å². The highest BCUT2D eigenvalue weighted by molar-refractivity contribution is 7.10. The van der Waals surface area contributed by atoms with Crippen LogP contribution in [0.3, 0.4) is 0 Å². The molecule has 0 atom stereocenters. The zero-order valence-corrected chi connectivity index (χ0v) is 7.60. The molecular formula is C9H11NOS. The Kier molecular flexibility index (Phi) is 2.13. The Morgan fingerprint density at radius 3 is 3.00 bits per heavy atom. The lowest BCUT2D eigenvalue weighted by atomic mass is 10.1. The van der Waals surface area contributed by atoms with Crippen LogP contribution < -0.4 is 0 Å². The number of hydrogen-bond donors (Lipinski definition) is 1. The van der Waals surface area contributed by atoms with Gasteiger partial charge in [0.1, 0.15) is 0 Å². The van der Waals surface area contributed by atoms with E-state index in [1.54, 1.807) is 11.3 Å². The summed E-state index contributed by atoms with van der Waals surface area (Å²) in [6.07, 6.45) is 4.42. The van der Waals surface area contributed by atoms with Crippen molar-refractivity contribution in [3.63, 3.8) is 0 Å². The van der Waals surface area contributed by atoms with E-state index in [-0.39, 0.29) is 0 Å². The summed E-state index contributed by atoms with van der Waals surface area (Å²) in [7, 11) is 0. The molecule has 0 radical (unpaired) electrons. The summed E-state index contributed by atoms with van der Waals surface area (Å²) in [6, 6.07) is 2.06. The molecule has 3 heteroatoms. The van der Waals surface area contributed by atoms with Crippen molar-refractivity contribution >= 4 is 17.0 Å². The van der Waals surface area contributed by atoms with Crippen LogP contribution in [-0.2, 0) is 6.42 Å². The highest BCUT2D eigenvalue weighted by atomic mass is 32.1. The molecular weight excluding hydrogens is 170 g/mol. The number of hydrogen-bond acceptors (Lipinski definition) is 3. The van der Waals surface area contributed by atoms with E-state index >= 15 is 0 Å². The minimum atomic E-state index is 0.865. The smallest absolute Gasteiger partial charge is 0.0878 e. The Bertz CT molecular complexity index is 303. The first-order valence-corrected chi connectivity index (χ1v) is 5.07. The van der Waals surface area contributed by atoms with Gasteiger partial charge in [0, 0.05) is 10.4 Å². The van der Waals surface area contributed by atoms with Gasteiger partial charge in [0.15, 0.2) is 0 Å². The highest BCUT2D eigenvalue weighted by Gasteiger charge is 2.14. The molecule has 0 aromatic carbocycles. The molecule has 0 fully saturated rings. The van der Waals surface area contributed by atoms with E-state index in [0.29, 0.717) is 0 Å². The number of rotatable bonds is 0. The second-order valence-electron chi connectivity index (χ2n) is 3.01. The van der Waals surface area contributed by atoms with E-state index in [1.807, 2.05) is 0 Å². The molecule has 0 aliphatic heterocycles. The Balaban J connectivity index is 2.43. The fourth-order valence-corrected chi connectivity index (χ4v) is 2.55. The molecule has 2 rings (SSSR count). The molecule has 2 nitrogen and oxygen atoms in total. The first kappa shape index (κ1) is 7.80. The number of aryl methyl sites for hydroxylation is 1. The Labute approximate surface area is 75.5 Å². The summed E-state index contributed by atoms with van der Waals surface area (Å²) in [5.41, 5.74) is 2.03. The van der Waals surface area contributed by atoms with E-state index in [0.717, 1.165) is 25.0 Å². The predicted octanol–water partition coefficient (Wildman–Crippen LogP) is 2.65. The van der Waals surface area contributed by atoms with Crippen LogP contribution in [0.25, 0.3) is 0 Å². The van der Waals surface area contributed by atoms with E-state index in [4.69, 9.17) is 5.21 Å². The normalized spacial score (nSPS) is 20.5. The zero-order chi connectivity index (χ0) is 8.39. The van der Waals surface area contributed by atoms with Crippen LogP contribution in [0, 0.1) is 0 Å². The van der Waals surface area contributed by atoms with Gasteiger partial charge in [0.05, 0.1) is 5.71 Å². The lowest BCUT2D eigenvalue weighted by molar-refractivity contribution is 0.318. The summed E-state index contributed by atoms with van der Waals surface area (Å²) in [6.45, 7) is 0. The molecule has 0 saturated heterocycles. The van der Waals surface area contributed by atoms with Gasteiger partial charge < -0.3 is 5.21 Å². The molecule has 0 saturated carbocycles. The third kappa shape index (κ3) is 1.25. The van der Waals surface area contributed by atoms with Crippen molar-refractivity contribution in [2.45, 2.75) is 25.7 Å². The fraction of sp³-hybridized carbons (Fsp3) is 0.444. The van der Waals surface area contributed by atoms with Gasteiger partial charge in [-0.2, -0.15) is 0 Å². The molecule has 12 heavy (non-hydrogen) atoms. The topological polar surface area (TPSA) is 32.6 Å². The van der Waals surface area contributed by atoms with Crippen molar-refractivity contribution < 1.29 is 5.21 Å². The van der Waals surface area contributed by atoms with Crippen LogP contribution in [-0.4, -0.2) is 10.9 Å². The monoisotopic (exact) mass is 181 g/mol. The van der Waals surface area contributed by atoms with Gasteiger partial charge in [-0.05, 0) is 37.1 Å². The van der Waals surface area contributed by atoms with Crippen LogP contribution in [0.5, 0.6) is 0 Å². The van der Waals surface area contributed by atoms with Crippen molar-refractivity contribution in [2.75, 3.05) is 0 Å². The standard InChI is InChI=1S/C9H11NOS/c11-10-8-3-1-2-4-9-7(8)5-6-12-9/h5-6,11H,1-4H2. The highest BCUT2D eigenvalue weighted by Crippen LogP contribution is 2.25. The van der Waals surface area contributed by atoms with Crippen LogP contribution in [0.1, 0.15) is 29.7 Å². The zero-order valence-electron chi connectivity index (χ0n) is 6.79. The first-order chi connectivity index (χ1) is 5.92. The molecule has 1 aromatic heterocycles. The second kappa shape index (κ2) is 3.27. The molecule has 0 spiro atoms. The molecule has 1 heterocycles. The van der Waals surface area contributed by atoms with Crippen LogP contribution in [0.15, 0.2) is 16.6 Å². The Morgan fingerprint density at radius 2 is 2.17 bits per heavy atom. The number of oxime groups is 1. The molecule has 0 bridgehead atoms. The van der Waals surface area contributed by atoms with E-state index in [2.05, 4.69) is 16.6 Å². The number of fused-ring (bicyclic) bond motifs is 1. The Hall–Kier alpha value is -0.830. The lowest BCUT2D eigenvalue weighted by Crippen LogP contribution is -1.98. The van der Waals surface area contributed by atoms with Crippen molar-refractivity contribution in [2.24, 2.45) is 5.16 Å². The minimum Gasteiger partial charge on any atom is -0.411 e. The quantitative estimate of drug-likeness (QED) is 0.372. The van der Waals surface area contributed by atoms with E-state index in [1.165, 1.54) is 16.9 Å². The van der Waals surface area contributed by atoms with Crippen molar-refractivity contribution in [1.29, 1.82) is 0 Å². The minimum absolute atomic E-state index is 0.865. The molecule has 1 N–H and O–H groups in total. The van der Waals surface area contributed by atoms with Gasteiger partial charge in [-0.15, -0.1) is 11.3 Å². The summed E-state index contributed by atoms with van der Waals surface area (Å²) in [5, 5.41) is 14.2. The van der Waals surface area contributed by atoms with E-state index in [9.17, 15) is 0 Å². The fourth-order valence-electron chi connectivity index (χ4n) is 1.61. The largest absolute Gasteiger partial charge is 0.411 e. The van der Waals surface area contributed by atoms with Gasteiger partial charge in [-0.25, -0.2) is 0 Å². The first-order valence-electron chi connectivity index (χ1n) is 4.19. The van der Waals surface area contributed by atoms with Gasteiger partial charge in [0.25, 0.3) is 0 Å². The predicted molar refractivity (Wildman–Crippen MR) is 50.2 cm³/mol. The molecule has 1 aliphatic carbocycles. The van der Waals surface area contributed by atoms with E-state index < -0.39 is 0 Å².